The molecule has 7 heteroatoms. The van der Waals surface area contributed by atoms with Crippen molar-refractivity contribution in [3.8, 4) is 0 Å². The molecule has 0 atom stereocenters. The van der Waals surface area contributed by atoms with Crippen molar-refractivity contribution in [2.45, 2.75) is 20.3 Å². The Hall–Kier alpha value is -2.08. The highest BCUT2D eigenvalue weighted by Gasteiger charge is 2.12. The van der Waals surface area contributed by atoms with E-state index in [2.05, 4.69) is 15.6 Å². The van der Waals surface area contributed by atoms with Crippen LogP contribution in [0.1, 0.15) is 24.1 Å². The molecule has 0 radical (unpaired) electrons. The number of carbonyl (C=O) groups excluding carboxylic acids is 1. The number of benzene rings is 1. The fraction of sp³-hybridized carbons (Fsp3) is 0.308. The van der Waals surface area contributed by atoms with Gasteiger partial charge < -0.3 is 4.74 Å². The fourth-order valence-corrected chi connectivity index (χ4v) is 1.83. The highest BCUT2D eigenvalue weighted by molar-refractivity contribution is 6.30. The minimum atomic E-state index is -0.534. The van der Waals surface area contributed by atoms with Crippen molar-refractivity contribution in [2.75, 3.05) is 12.0 Å². The maximum atomic E-state index is 11.5. The molecular formula is C13H15ClN4O2. The molecule has 1 amide bonds. The van der Waals surface area contributed by atoms with E-state index in [1.54, 1.807) is 13.8 Å². The van der Waals surface area contributed by atoms with Crippen LogP contribution >= 0.6 is 11.6 Å². The summed E-state index contributed by atoms with van der Waals surface area (Å²) in [7, 11) is 0. The van der Waals surface area contributed by atoms with Crippen molar-refractivity contribution in [3.63, 3.8) is 0 Å². The average Bonchev–Trinajstić information content (AvgIpc) is 2.74. The van der Waals surface area contributed by atoms with E-state index < -0.39 is 6.09 Å². The average molecular weight is 295 g/mol. The first-order valence-electron chi connectivity index (χ1n) is 6.19. The molecule has 1 aromatic carbocycles. The summed E-state index contributed by atoms with van der Waals surface area (Å²) in [6.45, 7) is 3.80. The highest BCUT2D eigenvalue weighted by Crippen LogP contribution is 2.13. The summed E-state index contributed by atoms with van der Waals surface area (Å²) in [5, 5.41) is 8.69. The number of hydrogen-bond acceptors (Lipinski definition) is 4. The fourth-order valence-electron chi connectivity index (χ4n) is 1.71. The summed E-state index contributed by atoms with van der Waals surface area (Å²) >= 11 is 5.85. The molecule has 1 aromatic heterocycles. The third-order valence-electron chi connectivity index (χ3n) is 2.65. The Kier molecular flexibility index (Phi) is 4.57. The number of ether oxygens (including phenoxy) is 1. The summed E-state index contributed by atoms with van der Waals surface area (Å²) in [5.74, 6) is 1.21. The summed E-state index contributed by atoms with van der Waals surface area (Å²) < 4.78 is 6.37. The molecule has 0 saturated heterocycles. The first-order valence-corrected chi connectivity index (χ1v) is 6.57. The minimum absolute atomic E-state index is 0.305. The Balaban J connectivity index is 2.16. The van der Waals surface area contributed by atoms with E-state index in [4.69, 9.17) is 16.3 Å². The summed E-state index contributed by atoms with van der Waals surface area (Å²) in [6, 6.07) is 7.43. The number of aryl methyl sites for hydroxylation is 1. The number of nitrogens with one attached hydrogen (secondary N) is 1. The van der Waals surface area contributed by atoms with Gasteiger partial charge in [0.05, 0.1) is 6.61 Å². The van der Waals surface area contributed by atoms with Gasteiger partial charge in [-0.15, -0.1) is 10.2 Å². The van der Waals surface area contributed by atoms with Gasteiger partial charge in [-0.1, -0.05) is 23.7 Å². The number of nitrogens with zero attached hydrogens (tertiary/aromatic N) is 3. The Labute approximate surface area is 121 Å². The maximum absolute atomic E-state index is 11.5. The van der Waals surface area contributed by atoms with Gasteiger partial charge in [0.1, 0.15) is 5.82 Å². The van der Waals surface area contributed by atoms with Gasteiger partial charge in [0.25, 0.3) is 0 Å². The lowest BCUT2D eigenvalue weighted by atomic mass is 10.1. The third-order valence-corrected chi connectivity index (χ3v) is 2.90. The van der Waals surface area contributed by atoms with Crippen molar-refractivity contribution in [3.05, 3.63) is 46.5 Å². The van der Waals surface area contributed by atoms with Crippen molar-refractivity contribution in [1.82, 2.24) is 14.9 Å². The zero-order valence-corrected chi connectivity index (χ0v) is 12.0. The molecule has 2 rings (SSSR count). The number of hydrogen-bond donors (Lipinski definition) is 1. The van der Waals surface area contributed by atoms with Crippen molar-refractivity contribution < 1.29 is 9.53 Å². The van der Waals surface area contributed by atoms with E-state index in [1.807, 2.05) is 24.3 Å². The maximum Gasteiger partial charge on any atom is 0.426 e. The number of halogens is 1. The van der Waals surface area contributed by atoms with Gasteiger partial charge in [-0.3, -0.25) is 0 Å². The van der Waals surface area contributed by atoms with Gasteiger partial charge >= 0.3 is 6.09 Å². The molecule has 0 saturated carbocycles. The summed E-state index contributed by atoms with van der Waals surface area (Å²) in [6.07, 6.45) is -0.00233. The molecule has 0 unspecified atom stereocenters. The molecule has 20 heavy (non-hydrogen) atoms. The van der Waals surface area contributed by atoms with E-state index in [9.17, 15) is 4.79 Å². The minimum Gasteiger partial charge on any atom is -0.449 e. The molecule has 1 heterocycles. The van der Waals surface area contributed by atoms with Gasteiger partial charge in [-0.05, 0) is 31.5 Å². The third kappa shape index (κ3) is 3.48. The number of aromatic nitrogens is 3. The number of amides is 1. The lowest BCUT2D eigenvalue weighted by Gasteiger charge is -2.10. The largest absolute Gasteiger partial charge is 0.449 e. The zero-order chi connectivity index (χ0) is 14.5. The van der Waals surface area contributed by atoms with Crippen molar-refractivity contribution >= 4 is 17.7 Å². The smallest absolute Gasteiger partial charge is 0.426 e. The van der Waals surface area contributed by atoms with Crippen molar-refractivity contribution in [2.24, 2.45) is 0 Å². The predicted molar refractivity (Wildman–Crippen MR) is 75.4 cm³/mol. The van der Waals surface area contributed by atoms with E-state index in [1.165, 1.54) is 4.68 Å². The second-order valence-electron chi connectivity index (χ2n) is 4.13. The van der Waals surface area contributed by atoms with E-state index in [0.717, 1.165) is 5.56 Å². The predicted octanol–water partition coefficient (Wildman–Crippen LogP) is 2.53. The van der Waals surface area contributed by atoms with Crippen LogP contribution in [0.25, 0.3) is 0 Å². The summed E-state index contributed by atoms with van der Waals surface area (Å²) in [4.78, 5) is 11.5. The van der Waals surface area contributed by atoms with Crippen LogP contribution in [-0.2, 0) is 11.2 Å². The van der Waals surface area contributed by atoms with Crippen LogP contribution in [0.2, 0.25) is 5.02 Å². The lowest BCUT2D eigenvalue weighted by Crippen LogP contribution is -2.26. The van der Waals surface area contributed by atoms with Gasteiger partial charge in [-0.25, -0.2) is 14.9 Å². The van der Waals surface area contributed by atoms with E-state index in [0.29, 0.717) is 29.7 Å². The number of carbonyl (C=O) groups is 1. The SMILES string of the molecule is CCOC(=O)Nn1c(C)nnc1Cc1ccc(Cl)cc1. The normalized spacial score (nSPS) is 10.3. The van der Waals surface area contributed by atoms with Crippen LogP contribution < -0.4 is 5.43 Å². The first-order chi connectivity index (χ1) is 9.60. The molecule has 2 aromatic rings. The highest BCUT2D eigenvalue weighted by atomic mass is 35.5. The molecule has 0 fully saturated rings. The second-order valence-corrected chi connectivity index (χ2v) is 4.57. The molecule has 0 aliphatic heterocycles. The van der Waals surface area contributed by atoms with Crippen molar-refractivity contribution in [1.29, 1.82) is 0 Å². The van der Waals surface area contributed by atoms with Crippen LogP contribution in [0.3, 0.4) is 0 Å². The molecule has 0 aliphatic rings. The van der Waals surface area contributed by atoms with Crippen LogP contribution in [-0.4, -0.2) is 27.6 Å². The Morgan fingerprint density at radius 2 is 2.05 bits per heavy atom. The lowest BCUT2D eigenvalue weighted by molar-refractivity contribution is 0.164. The molecule has 0 bridgehead atoms. The quantitative estimate of drug-likeness (QED) is 0.941. The van der Waals surface area contributed by atoms with E-state index >= 15 is 0 Å². The molecule has 0 spiro atoms. The Morgan fingerprint density at radius 3 is 2.70 bits per heavy atom. The van der Waals surface area contributed by atoms with Gasteiger partial charge in [0.2, 0.25) is 0 Å². The standard InChI is InChI=1S/C13H15ClN4O2/c1-3-20-13(19)17-18-9(2)15-16-12(18)8-10-4-6-11(14)7-5-10/h4-7H,3,8H2,1-2H3,(H,17,19). The van der Waals surface area contributed by atoms with Crippen LogP contribution in [0.5, 0.6) is 0 Å². The zero-order valence-electron chi connectivity index (χ0n) is 11.3. The van der Waals surface area contributed by atoms with Crippen LogP contribution in [0, 0.1) is 6.92 Å². The molecule has 0 aliphatic carbocycles. The van der Waals surface area contributed by atoms with Crippen LogP contribution in [0.4, 0.5) is 4.79 Å². The second kappa shape index (κ2) is 6.38. The van der Waals surface area contributed by atoms with Gasteiger partial charge in [0.15, 0.2) is 5.82 Å². The monoisotopic (exact) mass is 294 g/mol. The Morgan fingerprint density at radius 1 is 1.35 bits per heavy atom. The number of rotatable bonds is 4. The Bertz CT molecular complexity index is 595. The first kappa shape index (κ1) is 14.3. The molecule has 1 N–H and O–H groups in total. The van der Waals surface area contributed by atoms with Crippen LogP contribution in [0.15, 0.2) is 24.3 Å². The van der Waals surface area contributed by atoms with Gasteiger partial charge in [-0.2, -0.15) is 0 Å². The van der Waals surface area contributed by atoms with Gasteiger partial charge in [0, 0.05) is 11.4 Å². The summed E-state index contributed by atoms with van der Waals surface area (Å²) in [5.41, 5.74) is 3.62. The molecule has 6 nitrogen and oxygen atoms in total. The topological polar surface area (TPSA) is 69.0 Å². The molecule has 106 valence electrons. The molecular weight excluding hydrogens is 280 g/mol. The van der Waals surface area contributed by atoms with E-state index in [-0.39, 0.29) is 0 Å².